The lowest BCUT2D eigenvalue weighted by atomic mass is 9.81. The fraction of sp³-hybridized carbons (Fsp3) is 0.467. The van der Waals surface area contributed by atoms with Crippen molar-refractivity contribution < 1.29 is 23.8 Å². The SMILES string of the molecule is COC(=O)c1ccc2c(C3CCCCC3)c3n(c2c1)C[C@]1(C(=O)OC)[C@H](c2cc(OC)ccc2-3)[C@@H]1C. The lowest BCUT2D eigenvalue weighted by Gasteiger charge is -2.24. The average molecular weight is 488 g/mol. The molecule has 6 nitrogen and oxygen atoms in total. The largest absolute Gasteiger partial charge is 0.497 e. The molecule has 2 aliphatic carbocycles. The molecule has 2 saturated carbocycles. The highest BCUT2D eigenvalue weighted by atomic mass is 16.5. The molecular formula is C30H33NO5. The number of nitrogens with zero attached hydrogens (tertiary/aromatic N) is 1. The van der Waals surface area contributed by atoms with Crippen LogP contribution in [0, 0.1) is 11.3 Å². The highest BCUT2D eigenvalue weighted by Gasteiger charge is 2.70. The summed E-state index contributed by atoms with van der Waals surface area (Å²) < 4.78 is 18.4. The first kappa shape index (κ1) is 23.1. The summed E-state index contributed by atoms with van der Waals surface area (Å²) in [5, 5.41) is 1.16. The summed E-state index contributed by atoms with van der Waals surface area (Å²) in [4.78, 5) is 25.9. The number of ether oxygens (including phenoxy) is 3. The van der Waals surface area contributed by atoms with Gasteiger partial charge in [-0.3, -0.25) is 4.79 Å². The summed E-state index contributed by atoms with van der Waals surface area (Å²) in [7, 11) is 4.57. The van der Waals surface area contributed by atoms with Crippen LogP contribution in [0.25, 0.3) is 22.2 Å². The number of carbonyl (C=O) groups excluding carboxylic acids is 2. The van der Waals surface area contributed by atoms with Crippen LogP contribution in [0.1, 0.15) is 72.3 Å². The maximum Gasteiger partial charge on any atom is 0.337 e. The molecule has 0 unspecified atom stereocenters. The topological polar surface area (TPSA) is 66.8 Å². The van der Waals surface area contributed by atoms with E-state index in [4.69, 9.17) is 14.2 Å². The molecule has 3 aromatic rings. The van der Waals surface area contributed by atoms with E-state index in [1.807, 2.05) is 18.2 Å². The van der Waals surface area contributed by atoms with E-state index in [1.165, 1.54) is 44.7 Å². The van der Waals surface area contributed by atoms with Crippen LogP contribution in [-0.2, 0) is 20.8 Å². The fourth-order valence-corrected chi connectivity index (χ4v) is 7.27. The van der Waals surface area contributed by atoms with Gasteiger partial charge in [0.15, 0.2) is 0 Å². The van der Waals surface area contributed by atoms with Crippen LogP contribution in [0.5, 0.6) is 5.75 Å². The van der Waals surface area contributed by atoms with Gasteiger partial charge in [0, 0.05) is 28.9 Å². The van der Waals surface area contributed by atoms with Gasteiger partial charge in [-0.2, -0.15) is 0 Å². The van der Waals surface area contributed by atoms with E-state index in [9.17, 15) is 9.59 Å². The number of carbonyl (C=O) groups is 2. The molecule has 3 aliphatic rings. The van der Waals surface area contributed by atoms with Crippen LogP contribution < -0.4 is 4.74 Å². The Hall–Kier alpha value is -3.28. The molecule has 2 aromatic carbocycles. The molecule has 1 aliphatic heterocycles. The smallest absolute Gasteiger partial charge is 0.337 e. The normalized spacial score (nSPS) is 24.8. The summed E-state index contributed by atoms with van der Waals surface area (Å²) in [5.41, 5.74) is 5.69. The number of esters is 2. The van der Waals surface area contributed by atoms with Crippen molar-refractivity contribution in [3.05, 3.63) is 53.1 Å². The molecule has 0 bridgehead atoms. The van der Waals surface area contributed by atoms with Crippen LogP contribution in [0.3, 0.4) is 0 Å². The van der Waals surface area contributed by atoms with Gasteiger partial charge >= 0.3 is 11.9 Å². The standard InChI is InChI=1S/C30H33NO5/c1-17-26-23-15-20(34-2)11-13-21(23)27-25(18-8-6-5-7-9-18)22-12-10-19(28(32)35-3)14-24(22)31(27)16-30(17,26)29(33)36-4/h10-15,17-18,26H,5-9,16H2,1-4H3/t17-,26-,30+/m0/s1. The molecule has 2 fully saturated rings. The summed E-state index contributed by atoms with van der Waals surface area (Å²) in [6.45, 7) is 2.66. The van der Waals surface area contributed by atoms with Gasteiger partial charge in [-0.15, -0.1) is 0 Å². The zero-order valence-electron chi connectivity index (χ0n) is 21.4. The maximum atomic E-state index is 13.4. The van der Waals surface area contributed by atoms with Crippen molar-refractivity contribution >= 4 is 22.8 Å². The predicted octanol–water partition coefficient (Wildman–Crippen LogP) is 6.06. The molecule has 0 N–H and O–H groups in total. The summed E-state index contributed by atoms with van der Waals surface area (Å²) in [5.74, 6) is 0.884. The van der Waals surface area contributed by atoms with E-state index >= 15 is 0 Å². The molecule has 1 aromatic heterocycles. The monoisotopic (exact) mass is 487 g/mol. The maximum absolute atomic E-state index is 13.4. The first-order valence-electron chi connectivity index (χ1n) is 13.0. The minimum Gasteiger partial charge on any atom is -0.497 e. The predicted molar refractivity (Wildman–Crippen MR) is 137 cm³/mol. The van der Waals surface area contributed by atoms with E-state index in [1.54, 1.807) is 7.11 Å². The van der Waals surface area contributed by atoms with Crippen molar-refractivity contribution in [3.8, 4) is 17.0 Å². The van der Waals surface area contributed by atoms with E-state index in [-0.39, 0.29) is 23.8 Å². The number of hydrogen-bond acceptors (Lipinski definition) is 5. The van der Waals surface area contributed by atoms with Crippen molar-refractivity contribution in [1.82, 2.24) is 4.57 Å². The molecule has 6 heteroatoms. The van der Waals surface area contributed by atoms with Crippen molar-refractivity contribution in [1.29, 1.82) is 0 Å². The molecular weight excluding hydrogens is 454 g/mol. The van der Waals surface area contributed by atoms with Crippen LogP contribution in [0.4, 0.5) is 0 Å². The van der Waals surface area contributed by atoms with E-state index in [2.05, 4.69) is 29.7 Å². The Balaban J connectivity index is 1.70. The lowest BCUT2D eigenvalue weighted by molar-refractivity contribution is -0.148. The van der Waals surface area contributed by atoms with E-state index in [0.717, 1.165) is 40.6 Å². The quantitative estimate of drug-likeness (QED) is 0.419. The molecule has 6 rings (SSSR count). The van der Waals surface area contributed by atoms with Crippen molar-refractivity contribution in [2.24, 2.45) is 11.3 Å². The number of aromatic nitrogens is 1. The molecule has 0 radical (unpaired) electrons. The molecule has 188 valence electrons. The third kappa shape index (κ3) is 3.09. The Morgan fingerprint density at radius 3 is 2.44 bits per heavy atom. The zero-order valence-corrected chi connectivity index (χ0v) is 21.4. The minimum absolute atomic E-state index is 0.0491. The van der Waals surface area contributed by atoms with Gasteiger partial charge in [0.25, 0.3) is 0 Å². The molecule has 0 saturated heterocycles. The minimum atomic E-state index is -0.655. The van der Waals surface area contributed by atoms with Crippen LogP contribution in [-0.4, -0.2) is 37.8 Å². The van der Waals surface area contributed by atoms with Crippen molar-refractivity contribution in [2.45, 2.75) is 57.4 Å². The van der Waals surface area contributed by atoms with Crippen LogP contribution >= 0.6 is 0 Å². The molecule has 36 heavy (non-hydrogen) atoms. The van der Waals surface area contributed by atoms with E-state index in [0.29, 0.717) is 18.0 Å². The number of rotatable bonds is 4. The lowest BCUT2D eigenvalue weighted by Crippen LogP contribution is -2.26. The number of benzene rings is 2. The van der Waals surface area contributed by atoms with Gasteiger partial charge in [-0.05, 0) is 66.1 Å². The average Bonchev–Trinajstić information content (AvgIpc) is 3.43. The second-order valence-electron chi connectivity index (χ2n) is 10.7. The molecule has 0 spiro atoms. The first-order valence-corrected chi connectivity index (χ1v) is 13.0. The van der Waals surface area contributed by atoms with Crippen molar-refractivity contribution in [2.75, 3.05) is 21.3 Å². The Morgan fingerprint density at radius 1 is 0.972 bits per heavy atom. The summed E-state index contributed by atoms with van der Waals surface area (Å²) >= 11 is 0. The van der Waals surface area contributed by atoms with E-state index < -0.39 is 5.41 Å². The molecule has 2 heterocycles. The third-order valence-electron chi connectivity index (χ3n) is 9.13. The number of methoxy groups -OCH3 is 3. The van der Waals surface area contributed by atoms with Gasteiger partial charge in [-0.1, -0.05) is 32.3 Å². The highest BCUT2D eigenvalue weighted by molar-refractivity contribution is 6.00. The number of fused-ring (bicyclic) bond motifs is 7. The van der Waals surface area contributed by atoms with Gasteiger partial charge in [-0.25, -0.2) is 4.79 Å². The summed E-state index contributed by atoms with van der Waals surface area (Å²) in [6.07, 6.45) is 6.02. The zero-order chi connectivity index (χ0) is 25.2. The Kier molecular flexibility index (Phi) is 5.39. The molecule has 3 atom stereocenters. The van der Waals surface area contributed by atoms with Crippen molar-refractivity contribution in [3.63, 3.8) is 0 Å². The number of hydrogen-bond donors (Lipinski definition) is 0. The third-order valence-corrected chi connectivity index (χ3v) is 9.13. The van der Waals surface area contributed by atoms with Gasteiger partial charge in [0.2, 0.25) is 0 Å². The highest BCUT2D eigenvalue weighted by Crippen LogP contribution is 2.70. The van der Waals surface area contributed by atoms with Gasteiger partial charge < -0.3 is 18.8 Å². The first-order chi connectivity index (χ1) is 17.5. The van der Waals surface area contributed by atoms with Gasteiger partial charge in [0.05, 0.1) is 38.0 Å². The Bertz CT molecular complexity index is 1380. The van der Waals surface area contributed by atoms with Gasteiger partial charge in [0.1, 0.15) is 5.75 Å². The van der Waals surface area contributed by atoms with Crippen LogP contribution in [0.2, 0.25) is 0 Å². The van der Waals surface area contributed by atoms with Crippen LogP contribution in [0.15, 0.2) is 36.4 Å². The Morgan fingerprint density at radius 2 is 1.75 bits per heavy atom. The summed E-state index contributed by atoms with van der Waals surface area (Å²) in [6, 6.07) is 12.2. The molecule has 0 amide bonds. The fourth-order valence-electron chi connectivity index (χ4n) is 7.27. The Labute approximate surface area is 211 Å². The second kappa shape index (κ2) is 8.39. The second-order valence-corrected chi connectivity index (χ2v) is 10.7.